The number of rotatable bonds is 8. The molecule has 0 saturated carbocycles. The van der Waals surface area contributed by atoms with Crippen molar-refractivity contribution < 1.29 is 4.79 Å². The van der Waals surface area contributed by atoms with Gasteiger partial charge in [-0.25, -0.2) is 4.98 Å². The van der Waals surface area contributed by atoms with E-state index in [2.05, 4.69) is 18.7 Å². The summed E-state index contributed by atoms with van der Waals surface area (Å²) in [6, 6.07) is 3.81. The van der Waals surface area contributed by atoms with Gasteiger partial charge < -0.3 is 4.90 Å². The number of carbonyl (C=O) groups is 1. The van der Waals surface area contributed by atoms with Crippen LogP contribution in [-0.4, -0.2) is 43.6 Å². The predicted molar refractivity (Wildman–Crippen MR) is 134 cm³/mol. The molecule has 1 atom stereocenters. The fourth-order valence-electron chi connectivity index (χ4n) is 3.70. The van der Waals surface area contributed by atoms with Gasteiger partial charge in [0.2, 0.25) is 0 Å². The van der Waals surface area contributed by atoms with E-state index >= 15 is 0 Å². The van der Waals surface area contributed by atoms with Crippen molar-refractivity contribution in [2.24, 2.45) is 0 Å². The predicted octanol–water partition coefficient (Wildman–Crippen LogP) is 4.63. The van der Waals surface area contributed by atoms with Gasteiger partial charge in [-0.3, -0.25) is 18.9 Å². The van der Waals surface area contributed by atoms with Crippen LogP contribution in [0, 0.1) is 6.92 Å². The summed E-state index contributed by atoms with van der Waals surface area (Å²) in [6.07, 6.45) is 6.10. The minimum atomic E-state index is -0.172. The van der Waals surface area contributed by atoms with Gasteiger partial charge in [0.25, 0.3) is 11.5 Å². The first-order valence-corrected chi connectivity index (χ1v) is 12.1. The molecular formula is C23H30N4O2S2. The van der Waals surface area contributed by atoms with Gasteiger partial charge in [0.1, 0.15) is 15.8 Å². The average molecular weight is 459 g/mol. The number of carbonyl (C=O) groups excluding carboxylic acids is 1. The molecule has 0 bridgehead atoms. The Kier molecular flexibility index (Phi) is 7.54. The van der Waals surface area contributed by atoms with Crippen LogP contribution in [0.15, 0.2) is 28.0 Å². The lowest BCUT2D eigenvalue weighted by molar-refractivity contribution is -0.123. The number of thiocarbonyl (C=S) groups is 1. The number of hydrogen-bond donors (Lipinski definition) is 0. The maximum atomic E-state index is 13.5. The normalized spacial score (nSPS) is 16.5. The lowest BCUT2D eigenvalue weighted by atomic mass is 10.2. The van der Waals surface area contributed by atoms with Crippen LogP contribution in [0.1, 0.15) is 58.1 Å². The van der Waals surface area contributed by atoms with Gasteiger partial charge in [0, 0.05) is 25.3 Å². The smallest absolute Gasteiger partial charge is 0.267 e. The first-order chi connectivity index (χ1) is 14.8. The summed E-state index contributed by atoms with van der Waals surface area (Å²) in [5.74, 6) is 0.499. The van der Waals surface area contributed by atoms with Gasteiger partial charge in [0.15, 0.2) is 0 Å². The van der Waals surface area contributed by atoms with Gasteiger partial charge in [0.05, 0.1) is 10.5 Å². The number of hydrogen-bond acceptors (Lipinski definition) is 6. The zero-order chi connectivity index (χ0) is 22.7. The Bertz CT molecular complexity index is 1090. The van der Waals surface area contributed by atoms with E-state index in [1.807, 2.05) is 32.9 Å². The third kappa shape index (κ3) is 4.55. The van der Waals surface area contributed by atoms with Crippen molar-refractivity contribution >= 4 is 51.7 Å². The number of anilines is 1. The maximum absolute atomic E-state index is 13.5. The fourth-order valence-corrected chi connectivity index (χ4v) is 5.15. The summed E-state index contributed by atoms with van der Waals surface area (Å²) in [6.45, 7) is 11.8. The first-order valence-electron chi connectivity index (χ1n) is 10.9. The van der Waals surface area contributed by atoms with Crippen molar-refractivity contribution in [2.45, 2.75) is 59.9 Å². The van der Waals surface area contributed by atoms with Crippen LogP contribution in [0.5, 0.6) is 0 Å². The highest BCUT2D eigenvalue weighted by molar-refractivity contribution is 8.26. The van der Waals surface area contributed by atoms with Crippen molar-refractivity contribution in [2.75, 3.05) is 18.0 Å². The fraction of sp³-hybridized carbons (Fsp3) is 0.478. The van der Waals surface area contributed by atoms with E-state index in [9.17, 15) is 9.59 Å². The molecule has 0 N–H and O–H groups in total. The molecule has 6 nitrogen and oxygen atoms in total. The number of aromatic nitrogens is 2. The Morgan fingerprint density at radius 1 is 1.23 bits per heavy atom. The van der Waals surface area contributed by atoms with E-state index in [-0.39, 0.29) is 17.5 Å². The third-order valence-corrected chi connectivity index (χ3v) is 6.81. The van der Waals surface area contributed by atoms with E-state index in [0.717, 1.165) is 37.9 Å². The van der Waals surface area contributed by atoms with E-state index in [1.165, 1.54) is 11.8 Å². The second-order valence-corrected chi connectivity index (χ2v) is 9.51. The lowest BCUT2D eigenvalue weighted by Crippen LogP contribution is -2.36. The first kappa shape index (κ1) is 23.5. The Balaban J connectivity index is 2.23. The quantitative estimate of drug-likeness (QED) is 0.425. The molecule has 1 aliphatic heterocycles. The topological polar surface area (TPSA) is 57.9 Å². The van der Waals surface area contributed by atoms with Gasteiger partial charge in [-0.05, 0) is 50.8 Å². The molecule has 31 heavy (non-hydrogen) atoms. The minimum Gasteiger partial charge on any atom is -0.356 e. The molecular weight excluding hydrogens is 428 g/mol. The zero-order valence-corrected chi connectivity index (χ0v) is 20.5. The molecule has 1 aliphatic rings. The third-order valence-electron chi connectivity index (χ3n) is 5.48. The van der Waals surface area contributed by atoms with Crippen LogP contribution in [0.3, 0.4) is 0 Å². The summed E-state index contributed by atoms with van der Waals surface area (Å²) in [5.41, 5.74) is 1.84. The largest absolute Gasteiger partial charge is 0.356 e. The van der Waals surface area contributed by atoms with Crippen molar-refractivity contribution in [3.05, 3.63) is 44.7 Å². The Hall–Kier alpha value is -2.19. The highest BCUT2D eigenvalue weighted by Crippen LogP contribution is 2.35. The molecule has 1 unspecified atom stereocenters. The van der Waals surface area contributed by atoms with Gasteiger partial charge >= 0.3 is 0 Å². The number of thioether (sulfide) groups is 1. The van der Waals surface area contributed by atoms with Crippen LogP contribution < -0.4 is 10.5 Å². The minimum absolute atomic E-state index is 0.0213. The van der Waals surface area contributed by atoms with Crippen molar-refractivity contribution in [3.63, 3.8) is 0 Å². The van der Waals surface area contributed by atoms with Crippen LogP contribution >= 0.6 is 24.0 Å². The number of amides is 1. The molecule has 0 aromatic carbocycles. The highest BCUT2D eigenvalue weighted by Gasteiger charge is 2.35. The van der Waals surface area contributed by atoms with E-state index < -0.39 is 0 Å². The van der Waals surface area contributed by atoms with Crippen LogP contribution in [-0.2, 0) is 4.79 Å². The summed E-state index contributed by atoms with van der Waals surface area (Å²) < 4.78 is 2.10. The Labute approximate surface area is 193 Å². The summed E-state index contributed by atoms with van der Waals surface area (Å²) in [7, 11) is 0. The number of aryl methyl sites for hydroxylation is 1. The van der Waals surface area contributed by atoms with Crippen LogP contribution in [0.4, 0.5) is 5.82 Å². The Morgan fingerprint density at radius 2 is 1.90 bits per heavy atom. The average Bonchev–Trinajstić information content (AvgIpc) is 3.02. The molecule has 0 aliphatic carbocycles. The number of pyridine rings is 1. The Morgan fingerprint density at radius 3 is 2.52 bits per heavy atom. The van der Waals surface area contributed by atoms with Crippen LogP contribution in [0.2, 0.25) is 0 Å². The van der Waals surface area contributed by atoms with Gasteiger partial charge in [-0.2, -0.15) is 0 Å². The SMILES string of the molecule is CCCN(CCC)c1nc2c(C)cccn2c(=O)c1/C=C1\SC(=S)N(C(C)CC)C1=O. The molecule has 3 rings (SSSR count). The number of fused-ring (bicyclic) bond motifs is 1. The molecule has 166 valence electrons. The van der Waals surface area contributed by atoms with Crippen LogP contribution in [0.25, 0.3) is 11.7 Å². The summed E-state index contributed by atoms with van der Waals surface area (Å²) in [5, 5.41) is 0. The number of nitrogens with zero attached hydrogens (tertiary/aromatic N) is 4. The lowest BCUT2D eigenvalue weighted by Gasteiger charge is -2.25. The molecule has 2 aromatic rings. The maximum Gasteiger partial charge on any atom is 0.267 e. The van der Waals surface area contributed by atoms with Crippen molar-refractivity contribution in [3.8, 4) is 0 Å². The molecule has 3 heterocycles. The molecule has 0 radical (unpaired) electrons. The zero-order valence-electron chi connectivity index (χ0n) is 18.8. The molecule has 2 aromatic heterocycles. The molecule has 1 fully saturated rings. The molecule has 8 heteroatoms. The van der Waals surface area contributed by atoms with E-state index in [1.54, 1.807) is 21.6 Å². The highest BCUT2D eigenvalue weighted by atomic mass is 32.2. The summed E-state index contributed by atoms with van der Waals surface area (Å²) in [4.78, 5) is 35.8. The molecule has 1 saturated heterocycles. The van der Waals surface area contributed by atoms with Crippen molar-refractivity contribution in [1.29, 1.82) is 0 Å². The standard InChI is InChI=1S/C23H30N4O2S2/c1-6-11-25(12-7-2)20-17(21(28)26-13-9-10-15(4)19(26)24-20)14-18-22(29)27(16(5)8-3)23(30)31-18/h9-10,13-14,16H,6-8,11-12H2,1-5H3/b18-14-. The monoisotopic (exact) mass is 458 g/mol. The second kappa shape index (κ2) is 9.96. The second-order valence-electron chi connectivity index (χ2n) is 7.84. The van der Waals surface area contributed by atoms with E-state index in [0.29, 0.717) is 26.3 Å². The van der Waals surface area contributed by atoms with Gasteiger partial charge in [-0.15, -0.1) is 0 Å². The summed E-state index contributed by atoms with van der Waals surface area (Å²) >= 11 is 6.72. The molecule has 0 spiro atoms. The van der Waals surface area contributed by atoms with Gasteiger partial charge in [-0.1, -0.05) is 50.8 Å². The van der Waals surface area contributed by atoms with E-state index in [4.69, 9.17) is 17.2 Å². The molecule has 1 amide bonds. The van der Waals surface area contributed by atoms with Crippen molar-refractivity contribution in [1.82, 2.24) is 14.3 Å².